The Morgan fingerprint density at radius 2 is 1.89 bits per heavy atom. The molecule has 0 bridgehead atoms. The Kier molecular flexibility index (Phi) is 6.78. The predicted octanol–water partition coefficient (Wildman–Crippen LogP) is 7.66. The summed E-state index contributed by atoms with van der Waals surface area (Å²) in [6, 6.07) is 20.1. The summed E-state index contributed by atoms with van der Waals surface area (Å²) in [4.78, 5) is 22.6. The summed E-state index contributed by atoms with van der Waals surface area (Å²) in [5.74, 6) is 0.149. The van der Waals surface area contributed by atoms with Crippen LogP contribution in [0.1, 0.15) is 15.9 Å². The zero-order chi connectivity index (χ0) is 25.2. The van der Waals surface area contributed by atoms with E-state index in [4.69, 9.17) is 32.4 Å². The van der Waals surface area contributed by atoms with Crippen LogP contribution in [0.3, 0.4) is 0 Å². The molecule has 0 radical (unpaired) electrons. The van der Waals surface area contributed by atoms with Crippen LogP contribution in [0.15, 0.2) is 81.5 Å². The molecule has 2 heterocycles. The van der Waals surface area contributed by atoms with E-state index < -0.39 is 5.91 Å². The normalized spacial score (nSPS) is 11.6. The van der Waals surface area contributed by atoms with Crippen molar-refractivity contribution < 1.29 is 13.9 Å². The molecule has 0 unspecified atom stereocenters. The Hall–Kier alpha value is -3.65. The van der Waals surface area contributed by atoms with E-state index >= 15 is 0 Å². The molecule has 180 valence electrons. The molecule has 3 aromatic carbocycles. The lowest BCUT2D eigenvalue weighted by molar-refractivity contribution is 0.102. The molecule has 5 rings (SSSR count). The van der Waals surface area contributed by atoms with Crippen molar-refractivity contribution in [1.82, 2.24) is 4.98 Å². The number of aryl methyl sites for hydroxylation is 1. The van der Waals surface area contributed by atoms with Crippen LogP contribution in [0.4, 0.5) is 10.8 Å². The molecule has 0 atom stereocenters. The van der Waals surface area contributed by atoms with Crippen LogP contribution in [-0.2, 0) is 0 Å². The first-order chi connectivity index (χ1) is 17.4. The molecule has 0 aliphatic carbocycles. The summed E-state index contributed by atoms with van der Waals surface area (Å²) in [7, 11) is 1.57. The molecule has 0 saturated carbocycles. The van der Waals surface area contributed by atoms with E-state index in [2.05, 4.69) is 15.3 Å². The lowest BCUT2D eigenvalue weighted by atomic mass is 10.1. The molecule has 5 aromatic rings. The molecule has 0 aliphatic heterocycles. The van der Waals surface area contributed by atoms with Crippen LogP contribution in [-0.4, -0.2) is 18.0 Å². The third-order valence-corrected chi connectivity index (χ3v) is 6.87. The van der Waals surface area contributed by atoms with E-state index in [0.29, 0.717) is 43.3 Å². The number of ether oxygens (including phenoxy) is 1. The van der Waals surface area contributed by atoms with Gasteiger partial charge in [0.2, 0.25) is 5.55 Å². The zero-order valence-electron chi connectivity index (χ0n) is 19.2. The molecule has 2 aromatic heterocycles. The lowest BCUT2D eigenvalue weighted by Crippen LogP contribution is -2.21. The minimum atomic E-state index is -0.398. The number of fused-ring (bicyclic) bond motifs is 1. The number of aromatic nitrogens is 1. The molecule has 1 N–H and O–H groups in total. The average molecular weight is 536 g/mol. The summed E-state index contributed by atoms with van der Waals surface area (Å²) in [6.45, 7) is 1.97. The van der Waals surface area contributed by atoms with Gasteiger partial charge in [-0.05, 0) is 48.9 Å². The highest BCUT2D eigenvalue weighted by Crippen LogP contribution is 2.31. The fourth-order valence-electron chi connectivity index (χ4n) is 3.63. The van der Waals surface area contributed by atoms with Crippen molar-refractivity contribution in [2.24, 2.45) is 4.99 Å². The van der Waals surface area contributed by atoms with Crippen LogP contribution in [0, 0.1) is 6.92 Å². The lowest BCUT2D eigenvalue weighted by Gasteiger charge is -2.08. The van der Waals surface area contributed by atoms with Gasteiger partial charge in [0.25, 0.3) is 5.91 Å². The minimum absolute atomic E-state index is 0.163. The number of halogens is 2. The molecule has 6 nitrogen and oxygen atoms in total. The second-order valence-corrected chi connectivity index (χ2v) is 9.59. The maximum absolute atomic E-state index is 13.4. The third kappa shape index (κ3) is 4.99. The number of rotatable bonds is 5. The standard InChI is InChI=1S/C27H19Cl2N3O3S/c1-15-5-3-7-18(11-15)30-26-19(12-17-6-4-8-23(34-2)24(17)35-26)25(33)32-27-31-22(14-36-27)16-9-10-20(28)21(29)13-16/h3-14H,1-2H3,(H,31,32,33). The highest BCUT2D eigenvalue weighted by atomic mass is 35.5. The SMILES string of the molecule is COc1cccc2cc(C(=O)Nc3nc(-c4ccc(Cl)c(Cl)c4)cs3)c(=Nc3cccc(C)c3)oc12. The van der Waals surface area contributed by atoms with Gasteiger partial charge < -0.3 is 9.15 Å². The summed E-state index contributed by atoms with van der Waals surface area (Å²) in [6.07, 6.45) is 0. The van der Waals surface area contributed by atoms with E-state index in [1.165, 1.54) is 11.3 Å². The van der Waals surface area contributed by atoms with Gasteiger partial charge >= 0.3 is 0 Å². The minimum Gasteiger partial charge on any atom is -0.493 e. The molecule has 0 spiro atoms. The van der Waals surface area contributed by atoms with Crippen molar-refractivity contribution >= 4 is 62.2 Å². The number of anilines is 1. The Balaban J connectivity index is 1.55. The molecular weight excluding hydrogens is 517 g/mol. The van der Waals surface area contributed by atoms with Gasteiger partial charge in [0, 0.05) is 16.3 Å². The number of para-hydroxylation sites is 1. The molecule has 9 heteroatoms. The number of methoxy groups -OCH3 is 1. The molecule has 1 amide bonds. The number of hydrogen-bond donors (Lipinski definition) is 1. The predicted molar refractivity (Wildman–Crippen MR) is 145 cm³/mol. The molecule has 0 aliphatic rings. The van der Waals surface area contributed by atoms with E-state index in [0.717, 1.165) is 11.1 Å². The third-order valence-electron chi connectivity index (χ3n) is 5.38. The monoisotopic (exact) mass is 535 g/mol. The number of nitrogens with one attached hydrogen (secondary N) is 1. The number of hydrogen-bond acceptors (Lipinski definition) is 6. The Bertz CT molecular complexity index is 1680. The highest BCUT2D eigenvalue weighted by molar-refractivity contribution is 7.14. The summed E-state index contributed by atoms with van der Waals surface area (Å²) < 4.78 is 11.6. The van der Waals surface area contributed by atoms with Crippen molar-refractivity contribution in [2.75, 3.05) is 12.4 Å². The molecular formula is C27H19Cl2N3O3S. The van der Waals surface area contributed by atoms with E-state index in [1.54, 1.807) is 31.4 Å². The van der Waals surface area contributed by atoms with Crippen molar-refractivity contribution in [3.8, 4) is 17.0 Å². The van der Waals surface area contributed by atoms with Crippen LogP contribution >= 0.6 is 34.5 Å². The molecule has 36 heavy (non-hydrogen) atoms. The number of benzene rings is 3. The molecule has 0 saturated heterocycles. The fourth-order valence-corrected chi connectivity index (χ4v) is 4.64. The van der Waals surface area contributed by atoms with Crippen LogP contribution < -0.4 is 15.6 Å². The number of carbonyl (C=O) groups excluding carboxylic acids is 1. The maximum atomic E-state index is 13.4. The number of carbonyl (C=O) groups is 1. The average Bonchev–Trinajstić information content (AvgIpc) is 3.33. The number of amides is 1. The van der Waals surface area contributed by atoms with Gasteiger partial charge in [-0.3, -0.25) is 10.1 Å². The fraction of sp³-hybridized carbons (Fsp3) is 0.0741. The molecule has 0 fully saturated rings. The van der Waals surface area contributed by atoms with Gasteiger partial charge in [0.1, 0.15) is 5.56 Å². The Labute approximate surface area is 220 Å². The topological polar surface area (TPSA) is 76.7 Å². The number of thiazole rings is 1. The van der Waals surface area contributed by atoms with Crippen LogP contribution in [0.2, 0.25) is 10.0 Å². The summed E-state index contributed by atoms with van der Waals surface area (Å²) in [5.41, 5.74) is 4.10. The van der Waals surface area contributed by atoms with Gasteiger partial charge in [-0.25, -0.2) is 9.98 Å². The Morgan fingerprint density at radius 1 is 1.06 bits per heavy atom. The highest BCUT2D eigenvalue weighted by Gasteiger charge is 2.17. The van der Waals surface area contributed by atoms with Crippen molar-refractivity contribution in [3.63, 3.8) is 0 Å². The van der Waals surface area contributed by atoms with E-state index in [-0.39, 0.29) is 11.1 Å². The summed E-state index contributed by atoms with van der Waals surface area (Å²) in [5, 5.41) is 6.73. The van der Waals surface area contributed by atoms with Gasteiger partial charge in [-0.2, -0.15) is 0 Å². The van der Waals surface area contributed by atoms with Crippen LogP contribution in [0.5, 0.6) is 5.75 Å². The first-order valence-corrected chi connectivity index (χ1v) is 12.5. The summed E-state index contributed by atoms with van der Waals surface area (Å²) >= 11 is 13.5. The first kappa shape index (κ1) is 24.1. The second-order valence-electron chi connectivity index (χ2n) is 7.92. The zero-order valence-corrected chi connectivity index (χ0v) is 21.5. The van der Waals surface area contributed by atoms with Crippen molar-refractivity contribution in [3.05, 3.63) is 98.8 Å². The van der Waals surface area contributed by atoms with E-state index in [1.807, 2.05) is 54.8 Å². The number of nitrogens with zero attached hydrogens (tertiary/aromatic N) is 2. The van der Waals surface area contributed by atoms with Gasteiger partial charge in [0.15, 0.2) is 16.5 Å². The van der Waals surface area contributed by atoms with Gasteiger partial charge in [0.05, 0.1) is 28.5 Å². The first-order valence-electron chi connectivity index (χ1n) is 10.9. The van der Waals surface area contributed by atoms with E-state index in [9.17, 15) is 4.79 Å². The Morgan fingerprint density at radius 3 is 2.67 bits per heavy atom. The van der Waals surface area contributed by atoms with Crippen molar-refractivity contribution in [1.29, 1.82) is 0 Å². The quantitative estimate of drug-likeness (QED) is 0.250. The smallest absolute Gasteiger partial charge is 0.262 e. The largest absolute Gasteiger partial charge is 0.493 e. The van der Waals surface area contributed by atoms with Gasteiger partial charge in [-0.1, -0.05) is 53.5 Å². The van der Waals surface area contributed by atoms with Gasteiger partial charge in [-0.15, -0.1) is 11.3 Å². The van der Waals surface area contributed by atoms with Crippen LogP contribution in [0.25, 0.3) is 22.2 Å². The van der Waals surface area contributed by atoms with Crippen molar-refractivity contribution in [2.45, 2.75) is 6.92 Å². The second kappa shape index (κ2) is 10.1. The maximum Gasteiger partial charge on any atom is 0.262 e.